The molecule has 1 fully saturated rings. The fourth-order valence-electron chi connectivity index (χ4n) is 4.03. The summed E-state index contributed by atoms with van der Waals surface area (Å²) in [5, 5.41) is 3.06. The minimum Gasteiger partial charge on any atom is -0.330 e. The molecule has 0 aromatic carbocycles. The van der Waals surface area contributed by atoms with Crippen LogP contribution in [-0.4, -0.2) is 14.8 Å². The average molecular weight is 260 g/mol. The van der Waals surface area contributed by atoms with Crippen molar-refractivity contribution in [1.82, 2.24) is 9.55 Å². The van der Waals surface area contributed by atoms with Crippen molar-refractivity contribution in [2.45, 2.75) is 55.7 Å². The van der Waals surface area contributed by atoms with E-state index in [9.17, 15) is 0 Å². The van der Waals surface area contributed by atoms with Gasteiger partial charge >= 0.3 is 0 Å². The van der Waals surface area contributed by atoms with Crippen molar-refractivity contribution in [3.8, 4) is 0 Å². The Morgan fingerprint density at radius 1 is 1.28 bits per heavy atom. The molecule has 96 valence electrons. The number of aromatic nitrogens is 2. The molecule has 18 heavy (non-hydrogen) atoms. The molecule has 1 saturated carbocycles. The molecule has 2 nitrogen and oxygen atoms in total. The van der Waals surface area contributed by atoms with Crippen LogP contribution in [0.5, 0.6) is 0 Å². The van der Waals surface area contributed by atoms with Gasteiger partial charge in [-0.05, 0) is 17.7 Å². The molecule has 1 aromatic heterocycles. The second-order valence-corrected chi connectivity index (χ2v) is 7.08. The largest absolute Gasteiger partial charge is 0.330 e. The maximum Gasteiger partial charge on any atom is 0.0951 e. The Morgan fingerprint density at radius 2 is 2.17 bits per heavy atom. The zero-order valence-electron chi connectivity index (χ0n) is 10.7. The number of thioether (sulfide) groups is 1. The van der Waals surface area contributed by atoms with Gasteiger partial charge in [0.25, 0.3) is 0 Å². The highest BCUT2D eigenvalue weighted by Gasteiger charge is 2.42. The van der Waals surface area contributed by atoms with Gasteiger partial charge in [0.2, 0.25) is 0 Å². The third-order valence-electron chi connectivity index (χ3n) is 4.95. The van der Waals surface area contributed by atoms with E-state index in [2.05, 4.69) is 33.6 Å². The van der Waals surface area contributed by atoms with Crippen LogP contribution in [0.15, 0.2) is 24.0 Å². The molecule has 2 aliphatic heterocycles. The summed E-state index contributed by atoms with van der Waals surface area (Å²) in [4.78, 5) is 4.37. The van der Waals surface area contributed by atoms with Crippen molar-refractivity contribution in [2.24, 2.45) is 5.92 Å². The van der Waals surface area contributed by atoms with Crippen molar-refractivity contribution >= 4 is 11.8 Å². The molecular formula is C15H20N2S. The zero-order chi connectivity index (χ0) is 11.9. The molecule has 0 N–H and O–H groups in total. The molecule has 3 heterocycles. The highest BCUT2D eigenvalue weighted by Crippen LogP contribution is 2.51. The number of fused-ring (bicyclic) bond motifs is 3. The Kier molecular flexibility index (Phi) is 2.75. The van der Waals surface area contributed by atoms with Gasteiger partial charge in [-0.1, -0.05) is 38.2 Å². The fraction of sp³-hybridized carbons (Fsp3) is 0.667. The SMILES string of the molecule is C1=CC2c3cncn3C(CC3CCCCC3)C2S1. The molecule has 3 unspecified atom stereocenters. The predicted octanol–water partition coefficient (Wildman–Crippen LogP) is 4.12. The molecule has 4 rings (SSSR count). The second-order valence-electron chi connectivity index (χ2n) is 5.99. The third kappa shape index (κ3) is 1.67. The van der Waals surface area contributed by atoms with Crippen molar-refractivity contribution in [3.05, 3.63) is 29.7 Å². The van der Waals surface area contributed by atoms with Gasteiger partial charge in [-0.2, -0.15) is 0 Å². The van der Waals surface area contributed by atoms with E-state index in [-0.39, 0.29) is 0 Å². The minimum absolute atomic E-state index is 0.631. The number of imidazole rings is 1. The first-order valence-electron chi connectivity index (χ1n) is 7.27. The smallest absolute Gasteiger partial charge is 0.0951 e. The summed E-state index contributed by atoms with van der Waals surface area (Å²) in [5.41, 5.74) is 1.45. The molecule has 0 bridgehead atoms. The molecule has 3 atom stereocenters. The molecule has 0 spiro atoms. The van der Waals surface area contributed by atoms with Crippen LogP contribution in [0.4, 0.5) is 0 Å². The fourth-order valence-corrected chi connectivity index (χ4v) is 5.30. The first-order valence-corrected chi connectivity index (χ1v) is 8.21. The topological polar surface area (TPSA) is 17.8 Å². The van der Waals surface area contributed by atoms with Gasteiger partial charge in [0, 0.05) is 29.1 Å². The van der Waals surface area contributed by atoms with E-state index < -0.39 is 0 Å². The summed E-state index contributed by atoms with van der Waals surface area (Å²) in [6.07, 6.45) is 15.2. The number of nitrogens with zero attached hydrogens (tertiary/aromatic N) is 2. The summed E-state index contributed by atoms with van der Waals surface area (Å²) in [5.74, 6) is 1.59. The standard InChI is InChI=1S/C15H20N2S/c1-2-4-11(5-3-1)8-13-15-12(6-7-18-15)14-9-16-10-17(13)14/h6-7,9-13,15H,1-5,8H2. The third-order valence-corrected chi connectivity index (χ3v) is 6.19. The normalized spacial score (nSPS) is 34.8. The van der Waals surface area contributed by atoms with Crippen LogP contribution >= 0.6 is 11.8 Å². The predicted molar refractivity (Wildman–Crippen MR) is 75.7 cm³/mol. The van der Waals surface area contributed by atoms with Crippen molar-refractivity contribution < 1.29 is 0 Å². The lowest BCUT2D eigenvalue weighted by Gasteiger charge is -2.28. The molecule has 3 heteroatoms. The Balaban J connectivity index is 1.57. The molecule has 0 amide bonds. The van der Waals surface area contributed by atoms with E-state index in [1.807, 2.05) is 11.8 Å². The van der Waals surface area contributed by atoms with Gasteiger partial charge in [0.15, 0.2) is 0 Å². The Hall–Kier alpha value is -0.700. The molecule has 0 saturated heterocycles. The van der Waals surface area contributed by atoms with Gasteiger partial charge in [0.1, 0.15) is 0 Å². The van der Waals surface area contributed by atoms with E-state index in [4.69, 9.17) is 0 Å². The van der Waals surface area contributed by atoms with Crippen LogP contribution in [0.25, 0.3) is 0 Å². The van der Waals surface area contributed by atoms with E-state index in [1.165, 1.54) is 44.2 Å². The van der Waals surface area contributed by atoms with Crippen LogP contribution in [0.2, 0.25) is 0 Å². The van der Waals surface area contributed by atoms with Gasteiger partial charge in [0.05, 0.1) is 6.33 Å². The second kappa shape index (κ2) is 4.44. The van der Waals surface area contributed by atoms with Gasteiger partial charge in [-0.15, -0.1) is 11.8 Å². The minimum atomic E-state index is 0.631. The molecule has 0 radical (unpaired) electrons. The highest BCUT2D eigenvalue weighted by atomic mass is 32.2. The van der Waals surface area contributed by atoms with E-state index in [0.29, 0.717) is 12.0 Å². The maximum absolute atomic E-state index is 4.37. The van der Waals surface area contributed by atoms with Crippen molar-refractivity contribution in [1.29, 1.82) is 0 Å². The highest BCUT2D eigenvalue weighted by molar-refractivity contribution is 8.03. The lowest BCUT2D eigenvalue weighted by Crippen LogP contribution is -2.20. The Bertz CT molecular complexity index is 459. The number of rotatable bonds is 2. The van der Waals surface area contributed by atoms with Crippen LogP contribution in [0, 0.1) is 5.92 Å². The quantitative estimate of drug-likeness (QED) is 0.796. The summed E-state index contributed by atoms with van der Waals surface area (Å²) in [7, 11) is 0. The van der Waals surface area contributed by atoms with Crippen LogP contribution in [0.1, 0.15) is 56.2 Å². The number of hydrogen-bond donors (Lipinski definition) is 0. The van der Waals surface area contributed by atoms with Crippen LogP contribution in [-0.2, 0) is 0 Å². The zero-order valence-corrected chi connectivity index (χ0v) is 11.5. The first-order chi connectivity index (χ1) is 8.93. The average Bonchev–Trinajstić information content (AvgIpc) is 3.08. The van der Waals surface area contributed by atoms with Crippen molar-refractivity contribution in [3.63, 3.8) is 0 Å². The first kappa shape index (κ1) is 11.2. The van der Waals surface area contributed by atoms with Crippen LogP contribution < -0.4 is 0 Å². The molecule has 1 aromatic rings. The lowest BCUT2D eigenvalue weighted by atomic mass is 9.83. The molecular weight excluding hydrogens is 240 g/mol. The Morgan fingerprint density at radius 3 is 3.06 bits per heavy atom. The van der Waals surface area contributed by atoms with E-state index >= 15 is 0 Å². The summed E-state index contributed by atoms with van der Waals surface area (Å²) in [6, 6.07) is 0.690. The summed E-state index contributed by atoms with van der Waals surface area (Å²) >= 11 is 2.04. The number of allylic oxidation sites excluding steroid dienone is 1. The van der Waals surface area contributed by atoms with Gasteiger partial charge < -0.3 is 4.57 Å². The summed E-state index contributed by atoms with van der Waals surface area (Å²) < 4.78 is 2.47. The maximum atomic E-state index is 4.37. The van der Waals surface area contributed by atoms with Gasteiger partial charge in [-0.3, -0.25) is 0 Å². The summed E-state index contributed by atoms with van der Waals surface area (Å²) in [6.45, 7) is 0. The van der Waals surface area contributed by atoms with Gasteiger partial charge in [-0.25, -0.2) is 4.98 Å². The Labute approximate surface area is 113 Å². The van der Waals surface area contributed by atoms with Crippen molar-refractivity contribution in [2.75, 3.05) is 0 Å². The van der Waals surface area contributed by atoms with E-state index in [0.717, 1.165) is 11.2 Å². The molecule has 1 aliphatic carbocycles. The molecule has 3 aliphatic rings. The lowest BCUT2D eigenvalue weighted by molar-refractivity contribution is 0.292. The number of hydrogen-bond acceptors (Lipinski definition) is 2. The van der Waals surface area contributed by atoms with Crippen LogP contribution in [0.3, 0.4) is 0 Å². The monoisotopic (exact) mass is 260 g/mol. The van der Waals surface area contributed by atoms with E-state index in [1.54, 1.807) is 0 Å².